The van der Waals surface area contributed by atoms with Gasteiger partial charge in [-0.1, -0.05) is 62.0 Å². The minimum Gasteiger partial charge on any atom is -0.393 e. The summed E-state index contributed by atoms with van der Waals surface area (Å²) in [4.78, 5) is 0. The zero-order valence-corrected chi connectivity index (χ0v) is 19.2. The maximum absolute atomic E-state index is 10.1. The van der Waals surface area contributed by atoms with E-state index < -0.39 is 17.8 Å². The quantitative estimate of drug-likeness (QED) is 0.530. The average molecular weight is 413 g/mol. The fraction of sp³-hybridized carbons (Fsp3) is 0.630. The van der Waals surface area contributed by atoms with Crippen molar-refractivity contribution in [3.05, 3.63) is 59.3 Å². The van der Waals surface area contributed by atoms with Gasteiger partial charge in [-0.2, -0.15) is 0 Å². The number of aliphatic hydroxyl groups is 3. The van der Waals surface area contributed by atoms with Gasteiger partial charge in [0, 0.05) is 6.42 Å². The van der Waals surface area contributed by atoms with Crippen LogP contribution in [0, 0.1) is 17.3 Å². The molecule has 0 saturated heterocycles. The van der Waals surface area contributed by atoms with Gasteiger partial charge in [0.25, 0.3) is 0 Å². The van der Waals surface area contributed by atoms with Gasteiger partial charge >= 0.3 is 0 Å². The largest absolute Gasteiger partial charge is 0.393 e. The van der Waals surface area contributed by atoms with Crippen LogP contribution in [0.2, 0.25) is 0 Å². The summed E-state index contributed by atoms with van der Waals surface area (Å²) < 4.78 is 0. The topological polar surface area (TPSA) is 60.7 Å². The Morgan fingerprint density at radius 3 is 2.73 bits per heavy atom. The van der Waals surface area contributed by atoms with Crippen LogP contribution in [0.5, 0.6) is 0 Å². The summed E-state index contributed by atoms with van der Waals surface area (Å²) in [5.74, 6) is 1.00. The second kappa shape index (κ2) is 8.98. The number of rotatable bonds is 5. The lowest BCUT2D eigenvalue weighted by molar-refractivity contribution is 0.0862. The van der Waals surface area contributed by atoms with Crippen molar-refractivity contribution in [2.24, 2.45) is 17.3 Å². The molecule has 0 aromatic heterocycles. The normalized spacial score (nSPS) is 36.4. The van der Waals surface area contributed by atoms with Gasteiger partial charge in [0.1, 0.15) is 0 Å². The molecule has 0 bridgehead atoms. The van der Waals surface area contributed by atoms with Crippen molar-refractivity contribution >= 4 is 0 Å². The molecule has 3 aliphatic rings. The molecule has 5 atom stereocenters. The van der Waals surface area contributed by atoms with Crippen LogP contribution in [-0.2, 0) is 0 Å². The Labute approximate surface area is 182 Å². The molecule has 0 amide bonds. The Morgan fingerprint density at radius 1 is 1.30 bits per heavy atom. The van der Waals surface area contributed by atoms with Crippen molar-refractivity contribution in [1.29, 1.82) is 0 Å². The highest BCUT2D eigenvalue weighted by Gasteiger charge is 2.45. The smallest absolute Gasteiger partial charge is 0.0811 e. The Balaban J connectivity index is 1.75. The summed E-state index contributed by atoms with van der Waals surface area (Å²) in [6.45, 7) is 12.4. The minimum absolute atomic E-state index is 0.202. The Morgan fingerprint density at radius 2 is 2.03 bits per heavy atom. The van der Waals surface area contributed by atoms with Crippen LogP contribution < -0.4 is 0 Å². The van der Waals surface area contributed by atoms with E-state index in [9.17, 15) is 15.3 Å². The van der Waals surface area contributed by atoms with Gasteiger partial charge in [-0.15, -0.1) is 0 Å². The molecule has 3 N–H and O–H groups in total. The van der Waals surface area contributed by atoms with Gasteiger partial charge in [0.05, 0.1) is 17.8 Å². The van der Waals surface area contributed by atoms with Crippen LogP contribution in [0.3, 0.4) is 0 Å². The molecule has 0 unspecified atom stereocenters. The van der Waals surface area contributed by atoms with Crippen LogP contribution in [0.15, 0.2) is 59.3 Å². The second-order valence-electron chi connectivity index (χ2n) is 10.5. The Bertz CT molecular complexity index is 776. The number of aliphatic hydroxyl groups excluding tert-OH is 2. The molecule has 30 heavy (non-hydrogen) atoms. The number of hydrogen-bond donors (Lipinski definition) is 3. The van der Waals surface area contributed by atoms with E-state index in [1.165, 1.54) is 18.4 Å². The zero-order valence-electron chi connectivity index (χ0n) is 19.2. The predicted octanol–water partition coefficient (Wildman–Crippen LogP) is 5.40. The highest BCUT2D eigenvalue weighted by Crippen LogP contribution is 2.56. The lowest BCUT2D eigenvalue weighted by Crippen LogP contribution is -2.32. The van der Waals surface area contributed by atoms with Crippen LogP contribution >= 0.6 is 0 Å². The van der Waals surface area contributed by atoms with Gasteiger partial charge in [-0.05, 0) is 80.8 Å². The molecule has 166 valence electrons. The number of fused-ring (bicyclic) bond motifs is 1. The molecule has 2 saturated carbocycles. The second-order valence-corrected chi connectivity index (χ2v) is 10.5. The highest BCUT2D eigenvalue weighted by molar-refractivity contribution is 5.40. The number of hydrogen-bond acceptors (Lipinski definition) is 3. The minimum atomic E-state index is -0.755. The van der Waals surface area contributed by atoms with Gasteiger partial charge in [-0.25, -0.2) is 0 Å². The monoisotopic (exact) mass is 412 g/mol. The molecule has 3 aliphatic carbocycles. The summed E-state index contributed by atoms with van der Waals surface area (Å²) in [5.41, 5.74) is 4.25. The van der Waals surface area contributed by atoms with Gasteiger partial charge in [-0.3, -0.25) is 0 Å². The molecular formula is C27H40O3. The highest BCUT2D eigenvalue weighted by atomic mass is 16.3. The molecule has 0 aliphatic heterocycles. The van der Waals surface area contributed by atoms with Crippen LogP contribution in [0.25, 0.3) is 0 Å². The third-order valence-corrected chi connectivity index (χ3v) is 7.42. The van der Waals surface area contributed by atoms with E-state index in [0.29, 0.717) is 24.7 Å². The Kier molecular flexibility index (Phi) is 6.96. The van der Waals surface area contributed by atoms with Crippen LogP contribution in [0.1, 0.15) is 72.6 Å². The predicted molar refractivity (Wildman–Crippen MR) is 124 cm³/mol. The van der Waals surface area contributed by atoms with Crippen LogP contribution in [0.4, 0.5) is 0 Å². The molecule has 3 nitrogen and oxygen atoms in total. The fourth-order valence-electron chi connectivity index (χ4n) is 5.77. The first-order valence-electron chi connectivity index (χ1n) is 11.6. The Hall–Kier alpha value is -1.42. The van der Waals surface area contributed by atoms with E-state index in [0.717, 1.165) is 30.4 Å². The first-order chi connectivity index (χ1) is 14.0. The summed E-state index contributed by atoms with van der Waals surface area (Å²) >= 11 is 0. The molecule has 0 aromatic rings. The maximum Gasteiger partial charge on any atom is 0.0811 e. The third kappa shape index (κ3) is 5.07. The van der Waals surface area contributed by atoms with Crippen molar-refractivity contribution in [3.8, 4) is 0 Å². The van der Waals surface area contributed by atoms with Gasteiger partial charge in [0.2, 0.25) is 0 Å². The molecule has 3 heteroatoms. The summed E-state index contributed by atoms with van der Waals surface area (Å²) in [6.07, 6.45) is 16.3. The summed E-state index contributed by atoms with van der Waals surface area (Å²) in [6, 6.07) is 0. The van der Waals surface area contributed by atoms with E-state index in [-0.39, 0.29) is 5.41 Å². The van der Waals surface area contributed by atoms with E-state index in [1.54, 1.807) is 5.57 Å². The summed E-state index contributed by atoms with van der Waals surface area (Å²) in [7, 11) is 0. The SMILES string of the molecule is C=C1/C(=C/C=C2\CCC[C@]3(C)C([C@H](C)C/C=C/C(C)(C)O)=CC[C@@H]23)C[C@@H](O)C[C@@H]1O. The molecule has 0 heterocycles. The first-order valence-corrected chi connectivity index (χ1v) is 11.6. The van der Waals surface area contributed by atoms with Crippen molar-refractivity contribution in [2.45, 2.75) is 90.4 Å². The molecular weight excluding hydrogens is 372 g/mol. The maximum atomic E-state index is 10.1. The third-order valence-electron chi connectivity index (χ3n) is 7.42. The van der Waals surface area contributed by atoms with E-state index in [4.69, 9.17) is 0 Å². The standard InChI is InChI=1S/C27H40O3/c1-18(8-6-14-26(3,4)30)23-12-13-24-20(9-7-15-27(23,24)5)10-11-21-16-22(28)17-25(29)19(21)2/h6,10-12,14,18,22,24-25,28-30H,2,7-9,13,15-17H2,1,3-5H3/b14-6+,20-10+,21-11+/t18-,22-,24+,25+,27-/m1/s1. The molecule has 3 rings (SSSR count). The van der Waals surface area contributed by atoms with Gasteiger partial charge in [0.15, 0.2) is 0 Å². The van der Waals surface area contributed by atoms with E-state index >= 15 is 0 Å². The van der Waals surface area contributed by atoms with Crippen molar-refractivity contribution in [1.82, 2.24) is 0 Å². The lowest BCUT2D eigenvalue weighted by Gasteiger charge is -2.42. The molecule has 2 fully saturated rings. The zero-order chi connectivity index (χ0) is 22.1. The van der Waals surface area contributed by atoms with Crippen molar-refractivity contribution in [2.75, 3.05) is 0 Å². The molecule has 0 radical (unpaired) electrons. The van der Waals surface area contributed by atoms with Gasteiger partial charge < -0.3 is 15.3 Å². The molecule has 0 spiro atoms. The fourth-order valence-corrected chi connectivity index (χ4v) is 5.77. The van der Waals surface area contributed by atoms with Crippen molar-refractivity contribution in [3.63, 3.8) is 0 Å². The van der Waals surface area contributed by atoms with Crippen molar-refractivity contribution < 1.29 is 15.3 Å². The van der Waals surface area contributed by atoms with E-state index in [1.807, 2.05) is 19.9 Å². The first kappa shape index (κ1) is 23.2. The summed E-state index contributed by atoms with van der Waals surface area (Å²) in [5, 5.41) is 30.1. The number of allylic oxidation sites excluding steroid dienone is 6. The molecule has 0 aromatic carbocycles. The van der Waals surface area contributed by atoms with Crippen LogP contribution in [-0.4, -0.2) is 33.1 Å². The van der Waals surface area contributed by atoms with E-state index in [2.05, 4.69) is 44.7 Å². The lowest BCUT2D eigenvalue weighted by atomic mass is 9.62. The average Bonchev–Trinajstić information content (AvgIpc) is 3.00.